The van der Waals surface area contributed by atoms with E-state index in [2.05, 4.69) is 16.2 Å². The first kappa shape index (κ1) is 20.7. The first-order valence-corrected chi connectivity index (χ1v) is 9.11. The van der Waals surface area contributed by atoms with E-state index in [-0.39, 0.29) is 11.2 Å². The van der Waals surface area contributed by atoms with Gasteiger partial charge in [0.25, 0.3) is 11.8 Å². The number of hydrazine groups is 1. The fraction of sp³-hybridized carbons (Fsp3) is 0.211. The van der Waals surface area contributed by atoms with E-state index in [0.717, 1.165) is 6.42 Å². The average Bonchev–Trinajstić information content (AvgIpc) is 2.67. The van der Waals surface area contributed by atoms with Crippen molar-refractivity contribution in [3.05, 3.63) is 64.7 Å². The maximum Gasteiger partial charge on any atom is 0.269 e. The van der Waals surface area contributed by atoms with Gasteiger partial charge in [-0.1, -0.05) is 18.5 Å². The van der Waals surface area contributed by atoms with Crippen LogP contribution in [-0.4, -0.2) is 23.0 Å². The number of carbonyl (C=O) groups excluding carboxylic acids is 2. The molecule has 3 N–H and O–H groups in total. The first-order chi connectivity index (χ1) is 12.9. The number of halogens is 1. The van der Waals surface area contributed by atoms with E-state index >= 15 is 0 Å². The van der Waals surface area contributed by atoms with Crippen molar-refractivity contribution >= 4 is 40.7 Å². The zero-order chi connectivity index (χ0) is 19.8. The van der Waals surface area contributed by atoms with Crippen LogP contribution in [0.25, 0.3) is 0 Å². The van der Waals surface area contributed by atoms with Crippen molar-refractivity contribution < 1.29 is 14.3 Å². The van der Waals surface area contributed by atoms with Crippen molar-refractivity contribution in [1.29, 1.82) is 0 Å². The Kier molecular flexibility index (Phi) is 7.57. The second kappa shape index (κ2) is 9.89. The molecule has 0 heterocycles. The lowest BCUT2D eigenvalue weighted by atomic mass is 10.2. The van der Waals surface area contributed by atoms with Gasteiger partial charge in [-0.05, 0) is 74.1 Å². The average molecular weight is 406 g/mol. The van der Waals surface area contributed by atoms with Crippen LogP contribution in [0.4, 0.5) is 0 Å². The highest BCUT2D eigenvalue weighted by Gasteiger charge is 2.10. The smallest absolute Gasteiger partial charge is 0.269 e. The minimum absolute atomic E-state index is 0.0257. The van der Waals surface area contributed by atoms with E-state index < -0.39 is 11.8 Å². The van der Waals surface area contributed by atoms with Crippen molar-refractivity contribution in [1.82, 2.24) is 16.2 Å². The van der Waals surface area contributed by atoms with Crippen LogP contribution in [-0.2, 0) is 0 Å². The first-order valence-electron chi connectivity index (χ1n) is 8.33. The monoisotopic (exact) mass is 405 g/mol. The number of nitrogens with one attached hydrogen (secondary N) is 3. The maximum absolute atomic E-state index is 12.2. The van der Waals surface area contributed by atoms with Gasteiger partial charge in [0.1, 0.15) is 5.75 Å². The molecule has 2 amide bonds. The molecule has 0 aromatic heterocycles. The van der Waals surface area contributed by atoms with E-state index in [1.807, 2.05) is 13.8 Å². The van der Waals surface area contributed by atoms with Crippen molar-refractivity contribution in [2.75, 3.05) is 0 Å². The molecule has 2 aromatic carbocycles. The van der Waals surface area contributed by atoms with Crippen LogP contribution in [0.2, 0.25) is 5.02 Å². The summed E-state index contributed by atoms with van der Waals surface area (Å²) in [5, 5.41) is 2.99. The van der Waals surface area contributed by atoms with Gasteiger partial charge < -0.3 is 4.74 Å². The van der Waals surface area contributed by atoms with Gasteiger partial charge in [-0.2, -0.15) is 0 Å². The summed E-state index contributed by atoms with van der Waals surface area (Å²) in [5.41, 5.74) is 5.70. The molecule has 0 saturated heterocycles. The number of thiocarbonyl (C=S) groups is 1. The quantitative estimate of drug-likeness (QED) is 0.524. The highest BCUT2D eigenvalue weighted by molar-refractivity contribution is 7.80. The standard InChI is InChI=1S/C19H20ClN3O3S/c1-3-12(2)26-16-10-6-13(7-11-16)17(24)21-19(27)23-22-18(25)14-4-8-15(20)9-5-14/h4-12H,3H2,1-2H3,(H,22,25)(H2,21,23,24,27). The molecule has 6 nitrogen and oxygen atoms in total. The SMILES string of the molecule is CCC(C)Oc1ccc(C(=O)NC(=S)NNC(=O)c2ccc(Cl)cc2)cc1. The van der Waals surface area contributed by atoms with Crippen LogP contribution in [0.3, 0.4) is 0 Å². The van der Waals surface area contributed by atoms with E-state index in [1.165, 1.54) is 0 Å². The van der Waals surface area contributed by atoms with Crippen LogP contribution >= 0.6 is 23.8 Å². The lowest BCUT2D eigenvalue weighted by Crippen LogP contribution is -2.48. The molecule has 27 heavy (non-hydrogen) atoms. The number of rotatable bonds is 5. The molecular weight excluding hydrogens is 386 g/mol. The van der Waals surface area contributed by atoms with Gasteiger partial charge in [0.05, 0.1) is 6.10 Å². The normalized spacial score (nSPS) is 11.2. The third-order valence-electron chi connectivity index (χ3n) is 3.65. The Labute approximate surface area is 168 Å². The van der Waals surface area contributed by atoms with Crippen LogP contribution in [0.5, 0.6) is 5.75 Å². The lowest BCUT2D eigenvalue weighted by Gasteiger charge is -2.13. The topological polar surface area (TPSA) is 79.5 Å². The number of carbonyl (C=O) groups is 2. The summed E-state index contributed by atoms with van der Waals surface area (Å²) in [4.78, 5) is 24.2. The molecule has 0 aliphatic carbocycles. The molecule has 8 heteroatoms. The van der Waals surface area contributed by atoms with E-state index in [4.69, 9.17) is 28.6 Å². The zero-order valence-corrected chi connectivity index (χ0v) is 16.5. The summed E-state index contributed by atoms with van der Waals surface area (Å²) < 4.78 is 5.67. The van der Waals surface area contributed by atoms with Crippen molar-refractivity contribution in [2.45, 2.75) is 26.4 Å². The van der Waals surface area contributed by atoms with Gasteiger partial charge in [0.15, 0.2) is 5.11 Å². The van der Waals surface area contributed by atoms with Gasteiger partial charge >= 0.3 is 0 Å². The van der Waals surface area contributed by atoms with Gasteiger partial charge in [-0.15, -0.1) is 0 Å². The molecule has 0 fully saturated rings. The number of benzene rings is 2. The van der Waals surface area contributed by atoms with Gasteiger partial charge in [-0.25, -0.2) is 0 Å². The van der Waals surface area contributed by atoms with Crippen LogP contribution in [0, 0.1) is 0 Å². The molecule has 0 bridgehead atoms. The van der Waals surface area contributed by atoms with Gasteiger partial charge in [0, 0.05) is 16.1 Å². The number of hydrogen-bond acceptors (Lipinski definition) is 4. The lowest BCUT2D eigenvalue weighted by molar-refractivity contribution is 0.0934. The third-order valence-corrected chi connectivity index (χ3v) is 4.11. The summed E-state index contributed by atoms with van der Waals surface area (Å²) in [6.07, 6.45) is 0.995. The van der Waals surface area contributed by atoms with E-state index in [9.17, 15) is 9.59 Å². The fourth-order valence-corrected chi connectivity index (χ4v) is 2.26. The van der Waals surface area contributed by atoms with Gasteiger partial charge in [-0.3, -0.25) is 25.8 Å². The predicted octanol–water partition coefficient (Wildman–Crippen LogP) is 3.47. The molecule has 0 aliphatic heterocycles. The Morgan fingerprint density at radius 2 is 1.56 bits per heavy atom. The molecule has 0 spiro atoms. The van der Waals surface area contributed by atoms with E-state index in [1.54, 1.807) is 48.5 Å². The number of ether oxygens (including phenoxy) is 1. The molecule has 0 aliphatic rings. The Morgan fingerprint density at radius 1 is 1.00 bits per heavy atom. The summed E-state index contributed by atoms with van der Waals surface area (Å²) in [6, 6.07) is 13.1. The number of amides is 2. The second-order valence-electron chi connectivity index (χ2n) is 5.73. The summed E-state index contributed by atoms with van der Waals surface area (Å²) in [6.45, 7) is 4.01. The van der Waals surface area contributed by atoms with Crippen LogP contribution < -0.4 is 20.9 Å². The Bertz CT molecular complexity index is 810. The predicted molar refractivity (Wildman–Crippen MR) is 109 cm³/mol. The molecule has 2 rings (SSSR count). The Morgan fingerprint density at radius 3 is 2.15 bits per heavy atom. The van der Waals surface area contributed by atoms with Crippen molar-refractivity contribution in [3.8, 4) is 5.75 Å². The van der Waals surface area contributed by atoms with E-state index in [0.29, 0.717) is 21.9 Å². The van der Waals surface area contributed by atoms with Crippen molar-refractivity contribution in [2.24, 2.45) is 0 Å². The molecule has 2 aromatic rings. The summed E-state index contributed by atoms with van der Waals surface area (Å²) in [5.74, 6) is -0.116. The Balaban J connectivity index is 1.83. The van der Waals surface area contributed by atoms with Crippen molar-refractivity contribution in [3.63, 3.8) is 0 Å². The van der Waals surface area contributed by atoms with Crippen LogP contribution in [0.15, 0.2) is 48.5 Å². The second-order valence-corrected chi connectivity index (χ2v) is 6.58. The van der Waals surface area contributed by atoms with Crippen LogP contribution in [0.1, 0.15) is 41.0 Å². The molecule has 0 radical (unpaired) electrons. The molecule has 1 unspecified atom stereocenters. The highest BCUT2D eigenvalue weighted by atomic mass is 35.5. The Hall–Kier alpha value is -2.64. The minimum Gasteiger partial charge on any atom is -0.491 e. The molecule has 1 atom stereocenters. The largest absolute Gasteiger partial charge is 0.491 e. The highest BCUT2D eigenvalue weighted by Crippen LogP contribution is 2.15. The maximum atomic E-state index is 12.2. The summed E-state index contributed by atoms with van der Waals surface area (Å²) in [7, 11) is 0. The molecule has 0 saturated carbocycles. The van der Waals surface area contributed by atoms with Gasteiger partial charge in [0.2, 0.25) is 0 Å². The molecular formula is C19H20ClN3O3S. The third kappa shape index (κ3) is 6.54. The summed E-state index contributed by atoms with van der Waals surface area (Å²) >= 11 is 10.8. The zero-order valence-electron chi connectivity index (χ0n) is 14.9. The molecule has 142 valence electrons. The minimum atomic E-state index is -0.408. The fourth-order valence-electron chi connectivity index (χ4n) is 1.99. The number of hydrogen-bond donors (Lipinski definition) is 3.